The van der Waals surface area contributed by atoms with Gasteiger partial charge in [0.05, 0.1) is 12.0 Å². The summed E-state index contributed by atoms with van der Waals surface area (Å²) in [7, 11) is 1.54. The lowest BCUT2D eigenvalue weighted by Gasteiger charge is -2.05. The van der Waals surface area contributed by atoms with Gasteiger partial charge in [-0.05, 0) is 23.6 Å². The molecule has 0 fully saturated rings. The van der Waals surface area contributed by atoms with Crippen molar-refractivity contribution in [3.05, 3.63) is 46.7 Å². The van der Waals surface area contributed by atoms with E-state index in [0.717, 1.165) is 0 Å². The van der Waals surface area contributed by atoms with E-state index in [1.54, 1.807) is 41.8 Å². The minimum atomic E-state index is -0.647. The molecule has 18 heavy (non-hydrogen) atoms. The topological polar surface area (TPSA) is 55.4 Å². The van der Waals surface area contributed by atoms with Gasteiger partial charge in [-0.3, -0.25) is 9.59 Å². The molecular weight excluding hydrogens is 250 g/mol. The van der Waals surface area contributed by atoms with Crippen LogP contribution in [0.4, 0.5) is 5.69 Å². The molecule has 1 N–H and O–H groups in total. The smallest absolute Gasteiger partial charge is 0.297 e. The maximum Gasteiger partial charge on any atom is 0.297 e. The summed E-state index contributed by atoms with van der Waals surface area (Å²) in [4.78, 5) is 23.9. The zero-order valence-electron chi connectivity index (χ0n) is 9.67. The van der Waals surface area contributed by atoms with Gasteiger partial charge in [0.15, 0.2) is 0 Å². The number of hydrogen-bond acceptors (Lipinski definition) is 4. The van der Waals surface area contributed by atoms with Gasteiger partial charge in [-0.2, -0.15) is 0 Å². The average Bonchev–Trinajstić information content (AvgIpc) is 2.92. The predicted octanol–water partition coefficient (Wildman–Crippen LogP) is 2.58. The SMILES string of the molecule is COc1cccc(NC(=O)C(=O)c2cccs2)c1. The summed E-state index contributed by atoms with van der Waals surface area (Å²) in [6, 6.07) is 10.2. The molecule has 0 saturated carbocycles. The molecule has 0 aliphatic rings. The lowest BCUT2D eigenvalue weighted by molar-refractivity contribution is -0.112. The standard InChI is InChI=1S/C13H11NO3S/c1-17-10-5-2-4-9(8-10)14-13(16)12(15)11-6-3-7-18-11/h2-8H,1H3,(H,14,16). The number of ether oxygens (including phenoxy) is 1. The van der Waals surface area contributed by atoms with Gasteiger partial charge in [-0.15, -0.1) is 11.3 Å². The fourth-order valence-corrected chi connectivity index (χ4v) is 2.07. The van der Waals surface area contributed by atoms with Crippen LogP contribution in [0.3, 0.4) is 0 Å². The van der Waals surface area contributed by atoms with Gasteiger partial charge in [0.1, 0.15) is 5.75 Å². The van der Waals surface area contributed by atoms with E-state index in [-0.39, 0.29) is 0 Å². The third-order valence-electron chi connectivity index (χ3n) is 2.28. The first kappa shape index (κ1) is 12.3. The maximum atomic E-state index is 11.7. The van der Waals surface area contributed by atoms with Crippen molar-refractivity contribution >= 4 is 28.7 Å². The highest BCUT2D eigenvalue weighted by Crippen LogP contribution is 2.17. The van der Waals surface area contributed by atoms with E-state index < -0.39 is 11.7 Å². The Morgan fingerprint density at radius 3 is 2.72 bits per heavy atom. The molecule has 5 heteroatoms. The summed E-state index contributed by atoms with van der Waals surface area (Å²) >= 11 is 1.24. The molecule has 0 aliphatic carbocycles. The molecule has 0 saturated heterocycles. The monoisotopic (exact) mass is 261 g/mol. The highest BCUT2D eigenvalue weighted by atomic mass is 32.1. The van der Waals surface area contributed by atoms with Crippen LogP contribution in [-0.2, 0) is 4.79 Å². The zero-order chi connectivity index (χ0) is 13.0. The molecule has 2 aromatic rings. The highest BCUT2D eigenvalue weighted by Gasteiger charge is 2.17. The van der Waals surface area contributed by atoms with Crippen molar-refractivity contribution in [3.63, 3.8) is 0 Å². The Bertz CT molecular complexity index is 563. The Balaban J connectivity index is 2.09. The van der Waals surface area contributed by atoms with E-state index in [9.17, 15) is 9.59 Å². The van der Waals surface area contributed by atoms with Crippen molar-refractivity contribution in [1.29, 1.82) is 0 Å². The van der Waals surface area contributed by atoms with Crippen LogP contribution in [0.15, 0.2) is 41.8 Å². The molecule has 2 rings (SSSR count). The lowest BCUT2D eigenvalue weighted by Crippen LogP contribution is -2.21. The molecule has 1 aromatic carbocycles. The number of hydrogen-bond donors (Lipinski definition) is 1. The Hall–Kier alpha value is -2.14. The van der Waals surface area contributed by atoms with Gasteiger partial charge in [0.25, 0.3) is 11.7 Å². The van der Waals surface area contributed by atoms with E-state index in [2.05, 4.69) is 5.32 Å². The molecule has 0 bridgehead atoms. The average molecular weight is 261 g/mol. The minimum Gasteiger partial charge on any atom is -0.497 e. The van der Waals surface area contributed by atoms with Gasteiger partial charge in [0, 0.05) is 11.8 Å². The molecule has 1 amide bonds. The summed E-state index contributed by atoms with van der Waals surface area (Å²) in [6.45, 7) is 0. The highest BCUT2D eigenvalue weighted by molar-refractivity contribution is 7.13. The quantitative estimate of drug-likeness (QED) is 0.679. The van der Waals surface area contributed by atoms with Crippen LogP contribution >= 0.6 is 11.3 Å². The first-order valence-electron chi connectivity index (χ1n) is 5.24. The molecule has 0 radical (unpaired) electrons. The molecule has 1 aromatic heterocycles. The van der Waals surface area contributed by atoms with Gasteiger partial charge in [-0.25, -0.2) is 0 Å². The Labute approximate surface area is 108 Å². The number of benzene rings is 1. The number of carbonyl (C=O) groups is 2. The second-order valence-electron chi connectivity index (χ2n) is 3.49. The van der Waals surface area contributed by atoms with Crippen LogP contribution in [0.25, 0.3) is 0 Å². The van der Waals surface area contributed by atoms with Crippen LogP contribution in [0.2, 0.25) is 0 Å². The number of rotatable bonds is 4. The molecule has 0 aliphatic heterocycles. The number of thiophene rings is 1. The van der Waals surface area contributed by atoms with Gasteiger partial charge in [0.2, 0.25) is 0 Å². The van der Waals surface area contributed by atoms with Crippen LogP contribution in [-0.4, -0.2) is 18.8 Å². The zero-order valence-corrected chi connectivity index (χ0v) is 10.5. The van der Waals surface area contributed by atoms with Gasteiger partial charge < -0.3 is 10.1 Å². The molecule has 0 spiro atoms. The third kappa shape index (κ3) is 2.75. The second-order valence-corrected chi connectivity index (χ2v) is 4.44. The fraction of sp³-hybridized carbons (Fsp3) is 0.0769. The number of Topliss-reactive ketones (excluding diaryl/α,β-unsaturated/α-hetero) is 1. The number of amides is 1. The van der Waals surface area contributed by atoms with Gasteiger partial charge >= 0.3 is 0 Å². The summed E-state index contributed by atoms with van der Waals surface area (Å²) in [5.74, 6) is -0.560. The van der Waals surface area contributed by atoms with E-state index in [0.29, 0.717) is 16.3 Å². The lowest BCUT2D eigenvalue weighted by atomic mass is 10.2. The van der Waals surface area contributed by atoms with Gasteiger partial charge in [-0.1, -0.05) is 12.1 Å². The summed E-state index contributed by atoms with van der Waals surface area (Å²) in [5.41, 5.74) is 0.532. The van der Waals surface area contributed by atoms with Crippen LogP contribution in [0.1, 0.15) is 9.67 Å². The van der Waals surface area contributed by atoms with Crippen molar-refractivity contribution < 1.29 is 14.3 Å². The normalized spacial score (nSPS) is 9.83. The maximum absolute atomic E-state index is 11.7. The number of ketones is 1. The van der Waals surface area contributed by atoms with Crippen molar-refractivity contribution in [2.75, 3.05) is 12.4 Å². The number of carbonyl (C=O) groups excluding carboxylic acids is 2. The van der Waals surface area contributed by atoms with Crippen molar-refractivity contribution in [3.8, 4) is 5.75 Å². The summed E-state index contributed by atoms with van der Waals surface area (Å²) < 4.78 is 5.03. The Kier molecular flexibility index (Phi) is 3.74. The molecule has 92 valence electrons. The second kappa shape index (κ2) is 5.46. The van der Waals surface area contributed by atoms with Crippen molar-refractivity contribution in [2.45, 2.75) is 0 Å². The Morgan fingerprint density at radius 1 is 1.22 bits per heavy atom. The number of methoxy groups -OCH3 is 1. The van der Waals surface area contributed by atoms with Crippen LogP contribution in [0, 0.1) is 0 Å². The van der Waals surface area contributed by atoms with Crippen molar-refractivity contribution in [2.24, 2.45) is 0 Å². The van der Waals surface area contributed by atoms with Crippen LogP contribution < -0.4 is 10.1 Å². The van der Waals surface area contributed by atoms with E-state index in [4.69, 9.17) is 4.74 Å². The van der Waals surface area contributed by atoms with E-state index >= 15 is 0 Å². The van der Waals surface area contributed by atoms with Crippen molar-refractivity contribution in [1.82, 2.24) is 0 Å². The first-order chi connectivity index (χ1) is 8.70. The van der Waals surface area contributed by atoms with E-state index in [1.807, 2.05) is 0 Å². The Morgan fingerprint density at radius 2 is 2.06 bits per heavy atom. The molecule has 0 atom stereocenters. The molecule has 1 heterocycles. The predicted molar refractivity (Wildman–Crippen MR) is 70.3 cm³/mol. The first-order valence-corrected chi connectivity index (χ1v) is 6.12. The molecular formula is C13H11NO3S. The minimum absolute atomic E-state index is 0.426. The largest absolute Gasteiger partial charge is 0.497 e. The van der Waals surface area contributed by atoms with E-state index in [1.165, 1.54) is 18.4 Å². The molecule has 4 nitrogen and oxygen atoms in total. The van der Waals surface area contributed by atoms with Crippen LogP contribution in [0.5, 0.6) is 5.75 Å². The number of nitrogens with one attached hydrogen (secondary N) is 1. The summed E-state index contributed by atoms with van der Waals surface area (Å²) in [5, 5.41) is 4.30. The fourth-order valence-electron chi connectivity index (χ4n) is 1.41. The summed E-state index contributed by atoms with van der Waals surface area (Å²) in [6.07, 6.45) is 0. The molecule has 0 unspecified atom stereocenters. The third-order valence-corrected chi connectivity index (χ3v) is 3.15. The number of anilines is 1.